The van der Waals surface area contributed by atoms with Gasteiger partial charge in [-0.3, -0.25) is 0 Å². The zero-order chi connectivity index (χ0) is 14.8. The third-order valence-corrected chi connectivity index (χ3v) is 3.66. The highest BCUT2D eigenvalue weighted by Gasteiger charge is 2.36. The fourth-order valence-electron chi connectivity index (χ4n) is 2.45. The summed E-state index contributed by atoms with van der Waals surface area (Å²) < 4.78 is 10.4. The fourth-order valence-corrected chi connectivity index (χ4v) is 2.45. The Balaban J connectivity index is 1.59. The molecule has 0 aromatic carbocycles. The van der Waals surface area contributed by atoms with E-state index in [1.165, 1.54) is 0 Å². The molecule has 0 aromatic rings. The Labute approximate surface area is 120 Å². The van der Waals surface area contributed by atoms with Gasteiger partial charge in [0.05, 0.1) is 6.61 Å². The number of hydrogen-bond donors (Lipinski definition) is 3. The van der Waals surface area contributed by atoms with Crippen LogP contribution in [-0.4, -0.2) is 54.2 Å². The first-order chi connectivity index (χ1) is 9.26. The second-order valence-corrected chi connectivity index (χ2v) is 6.92. The standard InChI is InChI=1S/C14H26N2O4/c1-13(2,3)20-12(17)16-11-6-10(7-11)15-8-14(18)4-5-19-9-14/h10-11,15,18H,4-9H2,1-3H3,(H,16,17). The van der Waals surface area contributed by atoms with Crippen molar-refractivity contribution in [3.8, 4) is 0 Å². The summed E-state index contributed by atoms with van der Waals surface area (Å²) in [6, 6.07) is 0.511. The SMILES string of the molecule is CC(C)(C)OC(=O)NC1CC(NCC2(O)CCOC2)C1. The molecule has 1 aliphatic carbocycles. The van der Waals surface area contributed by atoms with Crippen molar-refractivity contribution in [1.82, 2.24) is 10.6 Å². The molecule has 1 amide bonds. The molecular weight excluding hydrogens is 260 g/mol. The van der Waals surface area contributed by atoms with Crippen LogP contribution in [0.15, 0.2) is 0 Å². The molecule has 1 heterocycles. The van der Waals surface area contributed by atoms with Crippen molar-refractivity contribution in [2.24, 2.45) is 0 Å². The molecule has 6 nitrogen and oxygen atoms in total. The van der Waals surface area contributed by atoms with Gasteiger partial charge in [0.15, 0.2) is 0 Å². The van der Waals surface area contributed by atoms with E-state index in [2.05, 4.69) is 10.6 Å². The van der Waals surface area contributed by atoms with E-state index in [4.69, 9.17) is 9.47 Å². The lowest BCUT2D eigenvalue weighted by Crippen LogP contribution is -2.56. The Morgan fingerprint density at radius 1 is 1.40 bits per heavy atom. The molecule has 0 bridgehead atoms. The maximum atomic E-state index is 11.6. The van der Waals surface area contributed by atoms with Crippen molar-refractivity contribution in [3.05, 3.63) is 0 Å². The number of ether oxygens (including phenoxy) is 2. The summed E-state index contributed by atoms with van der Waals surface area (Å²) in [5.41, 5.74) is -1.18. The third kappa shape index (κ3) is 4.61. The van der Waals surface area contributed by atoms with E-state index in [-0.39, 0.29) is 12.1 Å². The average molecular weight is 286 g/mol. The van der Waals surface area contributed by atoms with E-state index < -0.39 is 11.2 Å². The van der Waals surface area contributed by atoms with Crippen LogP contribution in [0, 0.1) is 0 Å². The number of aliphatic hydroxyl groups is 1. The molecule has 1 saturated heterocycles. The van der Waals surface area contributed by atoms with Gasteiger partial charge >= 0.3 is 6.09 Å². The summed E-state index contributed by atoms with van der Waals surface area (Å²) in [5, 5.41) is 16.3. The monoisotopic (exact) mass is 286 g/mol. The van der Waals surface area contributed by atoms with E-state index in [0.29, 0.717) is 32.2 Å². The van der Waals surface area contributed by atoms with E-state index >= 15 is 0 Å². The average Bonchev–Trinajstić information content (AvgIpc) is 2.66. The van der Waals surface area contributed by atoms with Gasteiger partial charge in [0.2, 0.25) is 0 Å². The highest BCUT2D eigenvalue weighted by molar-refractivity contribution is 5.68. The molecule has 20 heavy (non-hydrogen) atoms. The van der Waals surface area contributed by atoms with Gasteiger partial charge in [-0.25, -0.2) is 4.79 Å². The van der Waals surface area contributed by atoms with E-state index in [1.807, 2.05) is 20.8 Å². The second kappa shape index (κ2) is 5.87. The van der Waals surface area contributed by atoms with Gasteiger partial charge in [-0.2, -0.15) is 0 Å². The van der Waals surface area contributed by atoms with Crippen LogP contribution in [0.5, 0.6) is 0 Å². The number of nitrogens with one attached hydrogen (secondary N) is 2. The minimum absolute atomic E-state index is 0.164. The van der Waals surface area contributed by atoms with Crippen LogP contribution in [0.3, 0.4) is 0 Å². The molecule has 1 atom stereocenters. The van der Waals surface area contributed by atoms with Crippen LogP contribution in [-0.2, 0) is 9.47 Å². The second-order valence-electron chi connectivity index (χ2n) is 6.92. The lowest BCUT2D eigenvalue weighted by molar-refractivity contribution is 0.0196. The molecular formula is C14H26N2O4. The quantitative estimate of drug-likeness (QED) is 0.712. The van der Waals surface area contributed by atoms with E-state index in [1.54, 1.807) is 0 Å². The van der Waals surface area contributed by atoms with E-state index in [0.717, 1.165) is 12.8 Å². The first-order valence-electron chi connectivity index (χ1n) is 7.29. The molecule has 2 rings (SSSR count). The molecule has 116 valence electrons. The summed E-state index contributed by atoms with van der Waals surface area (Å²) in [6.45, 7) is 7.14. The van der Waals surface area contributed by atoms with E-state index in [9.17, 15) is 9.90 Å². The smallest absolute Gasteiger partial charge is 0.407 e. The molecule has 2 aliphatic rings. The number of rotatable bonds is 4. The maximum Gasteiger partial charge on any atom is 0.407 e. The van der Waals surface area contributed by atoms with Gasteiger partial charge in [-0.15, -0.1) is 0 Å². The molecule has 3 N–H and O–H groups in total. The molecule has 0 aromatic heterocycles. The molecule has 1 saturated carbocycles. The van der Waals surface area contributed by atoms with Crippen LogP contribution >= 0.6 is 0 Å². The summed E-state index contributed by atoms with van der Waals surface area (Å²) in [4.78, 5) is 11.6. The van der Waals surface area contributed by atoms with Gasteiger partial charge in [0, 0.05) is 31.7 Å². The summed E-state index contributed by atoms with van der Waals surface area (Å²) in [7, 11) is 0. The number of carbonyl (C=O) groups is 1. The predicted molar refractivity (Wildman–Crippen MR) is 74.6 cm³/mol. The Kier molecular flexibility index (Phi) is 4.56. The van der Waals surface area contributed by atoms with Crippen LogP contribution in [0.1, 0.15) is 40.0 Å². The van der Waals surface area contributed by atoms with Crippen molar-refractivity contribution in [2.45, 2.75) is 63.3 Å². The number of carbonyl (C=O) groups excluding carboxylic acids is 1. The van der Waals surface area contributed by atoms with Crippen LogP contribution in [0.25, 0.3) is 0 Å². The predicted octanol–water partition coefficient (Wildman–Crippen LogP) is 0.783. The molecule has 1 unspecified atom stereocenters. The number of alkyl carbamates (subject to hydrolysis) is 1. The van der Waals surface area contributed by atoms with Crippen LogP contribution < -0.4 is 10.6 Å². The summed E-state index contributed by atoms with van der Waals surface area (Å²) >= 11 is 0. The van der Waals surface area contributed by atoms with Crippen molar-refractivity contribution in [3.63, 3.8) is 0 Å². The van der Waals surface area contributed by atoms with Crippen molar-refractivity contribution in [1.29, 1.82) is 0 Å². The normalized spacial score (nSPS) is 33.6. The molecule has 0 spiro atoms. The topological polar surface area (TPSA) is 79.8 Å². The first-order valence-corrected chi connectivity index (χ1v) is 7.29. The minimum atomic E-state index is -0.719. The highest BCUT2D eigenvalue weighted by atomic mass is 16.6. The first kappa shape index (κ1) is 15.5. The van der Waals surface area contributed by atoms with Gasteiger partial charge < -0.3 is 25.2 Å². The minimum Gasteiger partial charge on any atom is -0.444 e. The van der Waals surface area contributed by atoms with Gasteiger partial charge in [-0.05, 0) is 33.6 Å². The highest BCUT2D eigenvalue weighted by Crippen LogP contribution is 2.23. The Hall–Kier alpha value is -0.850. The molecule has 6 heteroatoms. The number of amides is 1. The lowest BCUT2D eigenvalue weighted by atomic mass is 9.86. The van der Waals surface area contributed by atoms with Crippen LogP contribution in [0.2, 0.25) is 0 Å². The van der Waals surface area contributed by atoms with Crippen molar-refractivity contribution < 1.29 is 19.4 Å². The molecule has 0 radical (unpaired) electrons. The Morgan fingerprint density at radius 2 is 2.10 bits per heavy atom. The lowest BCUT2D eigenvalue weighted by Gasteiger charge is -2.38. The van der Waals surface area contributed by atoms with Gasteiger partial charge in [-0.1, -0.05) is 0 Å². The summed E-state index contributed by atoms with van der Waals surface area (Å²) in [5.74, 6) is 0. The van der Waals surface area contributed by atoms with Crippen molar-refractivity contribution >= 4 is 6.09 Å². The Bertz CT molecular complexity index is 342. The van der Waals surface area contributed by atoms with Crippen molar-refractivity contribution in [2.75, 3.05) is 19.8 Å². The maximum absolute atomic E-state index is 11.6. The van der Waals surface area contributed by atoms with Crippen LogP contribution in [0.4, 0.5) is 4.79 Å². The zero-order valence-electron chi connectivity index (χ0n) is 12.6. The fraction of sp³-hybridized carbons (Fsp3) is 0.929. The Morgan fingerprint density at radius 3 is 2.65 bits per heavy atom. The summed E-state index contributed by atoms with van der Waals surface area (Å²) in [6.07, 6.45) is 2.07. The largest absolute Gasteiger partial charge is 0.444 e. The molecule has 1 aliphatic heterocycles. The number of hydrogen-bond acceptors (Lipinski definition) is 5. The van der Waals surface area contributed by atoms with Gasteiger partial charge in [0.25, 0.3) is 0 Å². The van der Waals surface area contributed by atoms with Gasteiger partial charge in [0.1, 0.15) is 11.2 Å². The zero-order valence-corrected chi connectivity index (χ0v) is 12.6. The molecule has 2 fully saturated rings. The third-order valence-electron chi connectivity index (χ3n) is 3.66.